The number of carbonyl (C=O) groups excluding carboxylic acids is 2. The minimum atomic E-state index is -1.24. The molecule has 128 valence electrons. The van der Waals surface area contributed by atoms with Crippen LogP contribution in [0.1, 0.15) is 19.4 Å². The van der Waals surface area contributed by atoms with Crippen molar-refractivity contribution in [1.29, 1.82) is 0 Å². The minimum Gasteiger partial charge on any atom is -0.488 e. The fourth-order valence-electron chi connectivity index (χ4n) is 2.27. The lowest BCUT2D eigenvalue weighted by atomic mass is 10.1. The zero-order chi connectivity index (χ0) is 17.2. The molecule has 1 aromatic rings. The van der Waals surface area contributed by atoms with Gasteiger partial charge in [-0.15, -0.1) is 0 Å². The fourth-order valence-corrected chi connectivity index (χ4v) is 2.27. The molecule has 0 aromatic heterocycles. The van der Waals surface area contributed by atoms with Crippen LogP contribution in [0.5, 0.6) is 5.75 Å². The number of esters is 2. The molecule has 0 amide bonds. The summed E-state index contributed by atoms with van der Waals surface area (Å²) in [6, 6.07) is 6.90. The van der Waals surface area contributed by atoms with Gasteiger partial charge in [0, 0.05) is 13.8 Å². The maximum Gasteiger partial charge on any atom is 0.348 e. The van der Waals surface area contributed by atoms with Gasteiger partial charge in [-0.2, -0.15) is 0 Å². The van der Waals surface area contributed by atoms with Gasteiger partial charge in [-0.25, -0.2) is 9.59 Å². The van der Waals surface area contributed by atoms with E-state index < -0.39 is 17.7 Å². The third kappa shape index (κ3) is 3.93. The zero-order valence-electron chi connectivity index (χ0n) is 13.4. The standard InChI is InChI=1S/C17H18O7/c1-17(2)23-15(18)13(16(19)24-17)9-11-3-5-12(6-4-11)22-10-14-20-7-8-21-14/h3-6,9,14H,7-8,10H2,1-2H3. The molecule has 2 aliphatic heterocycles. The first-order valence-electron chi connectivity index (χ1n) is 7.57. The number of ether oxygens (including phenoxy) is 5. The topological polar surface area (TPSA) is 80.3 Å². The van der Waals surface area contributed by atoms with Crippen LogP contribution in [-0.4, -0.2) is 43.8 Å². The molecule has 0 aliphatic carbocycles. The van der Waals surface area contributed by atoms with Crippen LogP contribution < -0.4 is 4.74 Å². The van der Waals surface area contributed by atoms with Gasteiger partial charge < -0.3 is 23.7 Å². The lowest BCUT2D eigenvalue weighted by Crippen LogP contribution is -2.41. The molecule has 2 aliphatic rings. The summed E-state index contributed by atoms with van der Waals surface area (Å²) in [5.41, 5.74) is 0.509. The first-order chi connectivity index (χ1) is 11.4. The highest BCUT2D eigenvalue weighted by Crippen LogP contribution is 2.24. The van der Waals surface area contributed by atoms with Crippen LogP contribution in [0.3, 0.4) is 0 Å². The summed E-state index contributed by atoms with van der Waals surface area (Å²) >= 11 is 0. The SMILES string of the molecule is CC1(C)OC(=O)C(=Cc2ccc(OCC3OCCO3)cc2)C(=O)O1. The van der Waals surface area contributed by atoms with E-state index in [1.54, 1.807) is 24.3 Å². The summed E-state index contributed by atoms with van der Waals surface area (Å²) in [7, 11) is 0. The van der Waals surface area contributed by atoms with Crippen molar-refractivity contribution in [3.8, 4) is 5.75 Å². The minimum absolute atomic E-state index is 0.143. The monoisotopic (exact) mass is 334 g/mol. The number of cyclic esters (lactones) is 2. The van der Waals surface area contributed by atoms with Gasteiger partial charge in [0.25, 0.3) is 5.79 Å². The molecule has 2 saturated heterocycles. The zero-order valence-corrected chi connectivity index (χ0v) is 13.4. The van der Waals surface area contributed by atoms with Crippen LogP contribution in [0.2, 0.25) is 0 Å². The Bertz CT molecular complexity index is 632. The molecule has 3 rings (SSSR count). The van der Waals surface area contributed by atoms with E-state index in [4.69, 9.17) is 23.7 Å². The van der Waals surface area contributed by atoms with Crippen LogP contribution >= 0.6 is 0 Å². The molecule has 0 unspecified atom stereocenters. The van der Waals surface area contributed by atoms with Crippen LogP contribution in [0, 0.1) is 0 Å². The highest BCUT2D eigenvalue weighted by Gasteiger charge is 2.38. The van der Waals surface area contributed by atoms with Crippen molar-refractivity contribution >= 4 is 18.0 Å². The smallest absolute Gasteiger partial charge is 0.348 e. The predicted molar refractivity (Wildman–Crippen MR) is 81.9 cm³/mol. The van der Waals surface area contributed by atoms with E-state index >= 15 is 0 Å². The van der Waals surface area contributed by atoms with Gasteiger partial charge in [-0.3, -0.25) is 0 Å². The van der Waals surface area contributed by atoms with Crippen LogP contribution in [-0.2, 0) is 28.5 Å². The quantitative estimate of drug-likeness (QED) is 0.470. The Kier molecular flexibility index (Phi) is 4.55. The third-order valence-corrected chi connectivity index (χ3v) is 3.38. The van der Waals surface area contributed by atoms with Crippen molar-refractivity contribution in [2.45, 2.75) is 25.9 Å². The fraction of sp³-hybridized carbons (Fsp3) is 0.412. The molecular weight excluding hydrogens is 316 g/mol. The summed E-state index contributed by atoms with van der Waals surface area (Å²) in [6.45, 7) is 4.45. The lowest BCUT2D eigenvalue weighted by molar-refractivity contribution is -0.222. The second-order valence-corrected chi connectivity index (χ2v) is 5.79. The highest BCUT2D eigenvalue weighted by molar-refractivity contribution is 6.18. The summed E-state index contributed by atoms with van der Waals surface area (Å²) in [5.74, 6) is -2.02. The second-order valence-electron chi connectivity index (χ2n) is 5.79. The van der Waals surface area contributed by atoms with E-state index in [1.165, 1.54) is 19.9 Å². The van der Waals surface area contributed by atoms with Gasteiger partial charge in [-0.1, -0.05) is 12.1 Å². The molecule has 0 spiro atoms. The summed E-state index contributed by atoms with van der Waals surface area (Å²) in [5, 5.41) is 0. The molecule has 1 aromatic carbocycles. The van der Waals surface area contributed by atoms with Crippen molar-refractivity contribution < 1.29 is 33.3 Å². The molecule has 24 heavy (non-hydrogen) atoms. The largest absolute Gasteiger partial charge is 0.488 e. The maximum absolute atomic E-state index is 11.9. The molecule has 0 radical (unpaired) electrons. The molecule has 0 bridgehead atoms. The van der Waals surface area contributed by atoms with Gasteiger partial charge >= 0.3 is 11.9 Å². The van der Waals surface area contributed by atoms with E-state index in [2.05, 4.69) is 0 Å². The Labute approximate surface area is 139 Å². The molecule has 7 heteroatoms. The number of benzene rings is 1. The molecule has 0 atom stereocenters. The Morgan fingerprint density at radius 3 is 2.25 bits per heavy atom. The highest BCUT2D eigenvalue weighted by atomic mass is 16.7. The first kappa shape index (κ1) is 16.5. The van der Waals surface area contributed by atoms with Gasteiger partial charge in [0.15, 0.2) is 6.29 Å². The van der Waals surface area contributed by atoms with E-state index in [-0.39, 0.29) is 11.9 Å². The Balaban J connectivity index is 1.64. The number of hydrogen-bond donors (Lipinski definition) is 0. The first-order valence-corrected chi connectivity index (χ1v) is 7.57. The van der Waals surface area contributed by atoms with E-state index in [0.717, 1.165) is 0 Å². The number of carbonyl (C=O) groups is 2. The van der Waals surface area contributed by atoms with Crippen LogP contribution in [0.25, 0.3) is 6.08 Å². The Hall–Kier alpha value is -2.38. The van der Waals surface area contributed by atoms with Gasteiger partial charge in [0.1, 0.15) is 17.9 Å². The van der Waals surface area contributed by atoms with E-state index in [9.17, 15) is 9.59 Å². The summed E-state index contributed by atoms with van der Waals surface area (Å²) < 4.78 is 26.2. The van der Waals surface area contributed by atoms with Crippen molar-refractivity contribution in [1.82, 2.24) is 0 Å². The van der Waals surface area contributed by atoms with Crippen LogP contribution in [0.4, 0.5) is 0 Å². The summed E-state index contributed by atoms with van der Waals surface area (Å²) in [6.07, 6.45) is 1.08. The second kappa shape index (κ2) is 6.62. The van der Waals surface area contributed by atoms with Crippen molar-refractivity contribution in [2.75, 3.05) is 19.8 Å². The molecular formula is C17H18O7. The van der Waals surface area contributed by atoms with Crippen molar-refractivity contribution in [3.05, 3.63) is 35.4 Å². The van der Waals surface area contributed by atoms with Crippen LogP contribution in [0.15, 0.2) is 29.8 Å². The third-order valence-electron chi connectivity index (χ3n) is 3.38. The normalized spacial score (nSPS) is 20.5. The van der Waals surface area contributed by atoms with E-state index in [0.29, 0.717) is 31.1 Å². The van der Waals surface area contributed by atoms with Crippen molar-refractivity contribution in [3.63, 3.8) is 0 Å². The molecule has 2 heterocycles. The number of hydrogen-bond acceptors (Lipinski definition) is 7. The molecule has 7 nitrogen and oxygen atoms in total. The molecule has 0 N–H and O–H groups in total. The number of rotatable bonds is 4. The van der Waals surface area contributed by atoms with Crippen molar-refractivity contribution in [2.24, 2.45) is 0 Å². The summed E-state index contributed by atoms with van der Waals surface area (Å²) in [4.78, 5) is 23.8. The van der Waals surface area contributed by atoms with Gasteiger partial charge in [0.05, 0.1) is 13.2 Å². The molecule has 2 fully saturated rings. The lowest BCUT2D eigenvalue weighted by Gasteiger charge is -2.29. The average molecular weight is 334 g/mol. The van der Waals surface area contributed by atoms with Gasteiger partial charge in [0.2, 0.25) is 0 Å². The van der Waals surface area contributed by atoms with E-state index in [1.807, 2.05) is 0 Å². The Morgan fingerprint density at radius 2 is 1.67 bits per heavy atom. The average Bonchev–Trinajstić information content (AvgIpc) is 3.02. The van der Waals surface area contributed by atoms with Gasteiger partial charge in [-0.05, 0) is 23.8 Å². The maximum atomic E-state index is 11.9. The predicted octanol–water partition coefficient (Wildman–Crippen LogP) is 1.66. The molecule has 0 saturated carbocycles. The Morgan fingerprint density at radius 1 is 1.08 bits per heavy atom.